The molecule has 0 spiro atoms. The van der Waals surface area contributed by atoms with Gasteiger partial charge >= 0.3 is 0 Å². The van der Waals surface area contributed by atoms with Gasteiger partial charge in [0.1, 0.15) is 0 Å². The van der Waals surface area contributed by atoms with E-state index in [9.17, 15) is 0 Å². The summed E-state index contributed by atoms with van der Waals surface area (Å²) in [7, 11) is 0.170. The Morgan fingerprint density at radius 3 is 1.94 bits per heavy atom. The molecule has 0 N–H and O–H groups in total. The lowest BCUT2D eigenvalue weighted by atomic mass is 9.84. The monoisotopic (exact) mass is 229 g/mol. The molecule has 0 nitrogen and oxygen atoms in total. The minimum atomic E-state index is 0. The van der Waals surface area contributed by atoms with Crippen molar-refractivity contribution in [3.05, 3.63) is 30.3 Å². The molecule has 1 aromatic rings. The predicted octanol–water partition coefficient (Wildman–Crippen LogP) is 3.23. The minimum absolute atomic E-state index is 0. The van der Waals surface area contributed by atoms with Crippen LogP contribution in [0.4, 0.5) is 0 Å². The Balaban J connectivity index is 0.000000963. The maximum Gasteiger partial charge on any atom is 0 e. The second-order valence-corrected chi connectivity index (χ2v) is 7.96. The van der Waals surface area contributed by atoms with Gasteiger partial charge in [0.05, 0.1) is 0 Å². The van der Waals surface area contributed by atoms with Gasteiger partial charge in [-0.2, -0.15) is 0 Å². The first-order valence-electron chi connectivity index (χ1n) is 6.11. The van der Waals surface area contributed by atoms with Crippen molar-refractivity contribution in [1.29, 1.82) is 0 Å². The third kappa shape index (κ3) is 1.74. The standard InChI is InChI=1S/C14H19P.B/c1-10-8-14-11(2)9-13(10)15(14)12-6-4-3-5-7-12;/h3-7,10-11,13-14H,8-9H2,1-2H3;/t10-,11-,13+,14+;/m0./s1. The summed E-state index contributed by atoms with van der Waals surface area (Å²) in [5.41, 5.74) is 2.06. The van der Waals surface area contributed by atoms with Gasteiger partial charge in [0, 0.05) is 8.41 Å². The van der Waals surface area contributed by atoms with Gasteiger partial charge in [0.15, 0.2) is 0 Å². The van der Waals surface area contributed by atoms with Crippen LogP contribution in [-0.2, 0) is 0 Å². The summed E-state index contributed by atoms with van der Waals surface area (Å²) in [4.78, 5) is 0. The van der Waals surface area contributed by atoms with Gasteiger partial charge in [-0.1, -0.05) is 52.1 Å². The topological polar surface area (TPSA) is 0 Å². The van der Waals surface area contributed by atoms with Crippen molar-refractivity contribution in [3.8, 4) is 0 Å². The molecule has 1 aromatic carbocycles. The second-order valence-electron chi connectivity index (χ2n) is 5.30. The quantitative estimate of drug-likeness (QED) is 0.512. The van der Waals surface area contributed by atoms with E-state index in [2.05, 4.69) is 44.2 Å². The van der Waals surface area contributed by atoms with Crippen LogP contribution in [0.5, 0.6) is 0 Å². The number of hydrogen-bond donors (Lipinski definition) is 0. The molecule has 16 heavy (non-hydrogen) atoms. The molecule has 2 aliphatic rings. The van der Waals surface area contributed by atoms with Gasteiger partial charge in [-0.3, -0.25) is 0 Å². The Kier molecular flexibility index (Phi) is 3.45. The highest BCUT2D eigenvalue weighted by Gasteiger charge is 2.49. The van der Waals surface area contributed by atoms with E-state index in [1.54, 1.807) is 5.30 Å². The lowest BCUT2D eigenvalue weighted by Crippen LogP contribution is -2.18. The highest BCUT2D eigenvalue weighted by atomic mass is 31.1. The SMILES string of the molecule is C[C@H]1C[C@@H]2[C@@H](C)C[C@H]1P2c1ccccc1.[B]. The molecule has 0 unspecified atom stereocenters. The van der Waals surface area contributed by atoms with E-state index in [4.69, 9.17) is 0 Å². The van der Waals surface area contributed by atoms with Crippen molar-refractivity contribution in [2.75, 3.05) is 0 Å². The van der Waals surface area contributed by atoms with Crippen LogP contribution in [0.3, 0.4) is 0 Å². The lowest BCUT2D eigenvalue weighted by molar-refractivity contribution is 0.365. The fourth-order valence-corrected chi connectivity index (χ4v) is 7.78. The van der Waals surface area contributed by atoms with E-state index in [0.717, 1.165) is 23.2 Å². The van der Waals surface area contributed by atoms with Crippen LogP contribution in [0.2, 0.25) is 0 Å². The first-order valence-corrected chi connectivity index (χ1v) is 7.59. The molecular weight excluding hydrogens is 210 g/mol. The number of rotatable bonds is 1. The average Bonchev–Trinajstić information content (AvgIpc) is 2.73. The van der Waals surface area contributed by atoms with Crippen LogP contribution in [0.15, 0.2) is 30.3 Å². The largest absolute Gasteiger partial charge is 0.0684 e. The van der Waals surface area contributed by atoms with Crippen LogP contribution in [0.25, 0.3) is 0 Å². The van der Waals surface area contributed by atoms with E-state index >= 15 is 0 Å². The second kappa shape index (κ2) is 4.53. The van der Waals surface area contributed by atoms with Gasteiger partial charge in [0.2, 0.25) is 0 Å². The zero-order chi connectivity index (χ0) is 10.4. The van der Waals surface area contributed by atoms with Gasteiger partial charge in [-0.25, -0.2) is 0 Å². The fraction of sp³-hybridized carbons (Fsp3) is 0.571. The summed E-state index contributed by atoms with van der Waals surface area (Å²) in [6, 6.07) is 11.3. The highest BCUT2D eigenvalue weighted by Crippen LogP contribution is 2.67. The molecule has 0 aliphatic carbocycles. The first kappa shape index (κ1) is 12.2. The molecule has 2 heteroatoms. The Labute approximate surface area is 102 Å². The molecule has 2 fully saturated rings. The summed E-state index contributed by atoms with van der Waals surface area (Å²) in [5.74, 6) is 1.97. The molecule has 0 amide bonds. The van der Waals surface area contributed by atoms with Crippen molar-refractivity contribution in [2.24, 2.45) is 11.8 Å². The van der Waals surface area contributed by atoms with E-state index in [1.807, 2.05) is 0 Å². The fourth-order valence-electron chi connectivity index (χ4n) is 3.55. The molecule has 2 aliphatic heterocycles. The number of benzene rings is 1. The Hall–Kier alpha value is -0.285. The van der Waals surface area contributed by atoms with Crippen LogP contribution in [0, 0.1) is 11.8 Å². The van der Waals surface area contributed by atoms with E-state index in [-0.39, 0.29) is 16.3 Å². The average molecular weight is 229 g/mol. The maximum absolute atomic E-state index is 2.47. The molecule has 83 valence electrons. The summed E-state index contributed by atoms with van der Waals surface area (Å²) in [5, 5.41) is 1.66. The van der Waals surface area contributed by atoms with Gasteiger partial charge in [0.25, 0.3) is 0 Å². The third-order valence-electron chi connectivity index (χ3n) is 4.31. The van der Waals surface area contributed by atoms with Crippen LogP contribution < -0.4 is 5.30 Å². The van der Waals surface area contributed by atoms with E-state index in [0.29, 0.717) is 0 Å². The van der Waals surface area contributed by atoms with Crippen molar-refractivity contribution in [3.63, 3.8) is 0 Å². The van der Waals surface area contributed by atoms with Gasteiger partial charge in [-0.15, -0.1) is 0 Å². The smallest absolute Gasteiger partial charge is 0 e. The van der Waals surface area contributed by atoms with Crippen molar-refractivity contribution in [1.82, 2.24) is 0 Å². The first-order chi connectivity index (χ1) is 7.27. The van der Waals surface area contributed by atoms with Gasteiger partial charge < -0.3 is 0 Å². The minimum Gasteiger partial charge on any atom is -0.0684 e. The number of fused-ring (bicyclic) bond motifs is 2. The number of hydrogen-bond acceptors (Lipinski definition) is 0. The lowest BCUT2D eigenvalue weighted by Gasteiger charge is -2.20. The predicted molar refractivity (Wildman–Crippen MR) is 73.9 cm³/mol. The summed E-state index contributed by atoms with van der Waals surface area (Å²) in [6.07, 6.45) is 2.98. The third-order valence-corrected chi connectivity index (χ3v) is 8.07. The molecule has 0 aromatic heterocycles. The molecule has 2 saturated heterocycles. The van der Waals surface area contributed by atoms with E-state index in [1.165, 1.54) is 12.8 Å². The Bertz CT molecular complexity index is 335. The maximum atomic E-state index is 2.47. The Morgan fingerprint density at radius 2 is 1.44 bits per heavy atom. The molecular formula is C14H19BP. The van der Waals surface area contributed by atoms with Crippen LogP contribution in [-0.4, -0.2) is 19.7 Å². The highest BCUT2D eigenvalue weighted by molar-refractivity contribution is 7.67. The van der Waals surface area contributed by atoms with Crippen molar-refractivity contribution in [2.45, 2.75) is 38.0 Å². The molecule has 4 atom stereocenters. The summed E-state index contributed by atoms with van der Waals surface area (Å²) in [6.45, 7) is 4.93. The zero-order valence-corrected chi connectivity index (χ0v) is 11.0. The normalized spacial score (nSPS) is 40.8. The van der Waals surface area contributed by atoms with Crippen LogP contribution >= 0.6 is 7.92 Å². The molecule has 3 radical (unpaired) electrons. The molecule has 2 bridgehead atoms. The molecule has 2 heterocycles. The van der Waals surface area contributed by atoms with Crippen molar-refractivity contribution >= 4 is 21.6 Å². The zero-order valence-electron chi connectivity index (χ0n) is 10.1. The summed E-state index contributed by atoms with van der Waals surface area (Å²) < 4.78 is 0. The molecule has 0 saturated carbocycles. The molecule has 3 rings (SSSR count). The van der Waals surface area contributed by atoms with Crippen LogP contribution in [0.1, 0.15) is 26.7 Å². The van der Waals surface area contributed by atoms with E-state index < -0.39 is 0 Å². The van der Waals surface area contributed by atoms with Crippen molar-refractivity contribution < 1.29 is 0 Å². The van der Waals surface area contributed by atoms with Gasteiger partial charge in [-0.05, 0) is 41.3 Å². The summed E-state index contributed by atoms with van der Waals surface area (Å²) >= 11 is 0. The Morgan fingerprint density at radius 1 is 0.938 bits per heavy atom.